The van der Waals surface area contributed by atoms with Crippen LogP contribution in [0.4, 0.5) is 0 Å². The summed E-state index contributed by atoms with van der Waals surface area (Å²) in [4.78, 5) is 4.26. The Bertz CT molecular complexity index is 809. The van der Waals surface area contributed by atoms with Gasteiger partial charge < -0.3 is 10.6 Å². The van der Waals surface area contributed by atoms with E-state index in [9.17, 15) is 0 Å². The molecular formula is C19H24N6. The molecule has 0 bridgehead atoms. The van der Waals surface area contributed by atoms with Gasteiger partial charge in [-0.05, 0) is 30.5 Å². The summed E-state index contributed by atoms with van der Waals surface area (Å²) in [5, 5.41) is 15.1. The molecule has 0 aliphatic carbocycles. The van der Waals surface area contributed by atoms with E-state index < -0.39 is 0 Å². The van der Waals surface area contributed by atoms with Crippen molar-refractivity contribution in [2.24, 2.45) is 4.99 Å². The number of pyridine rings is 1. The van der Waals surface area contributed by atoms with Crippen molar-refractivity contribution in [3.63, 3.8) is 0 Å². The summed E-state index contributed by atoms with van der Waals surface area (Å²) in [5.74, 6) is 1.83. The van der Waals surface area contributed by atoms with Crippen LogP contribution in [0.25, 0.3) is 5.65 Å². The van der Waals surface area contributed by atoms with Crippen LogP contribution in [-0.2, 0) is 12.8 Å². The van der Waals surface area contributed by atoms with Crippen molar-refractivity contribution in [2.75, 3.05) is 20.1 Å². The van der Waals surface area contributed by atoms with Gasteiger partial charge in [0, 0.05) is 32.8 Å². The molecule has 0 amide bonds. The number of nitrogens with zero attached hydrogens (tertiary/aromatic N) is 4. The average Bonchev–Trinajstić information content (AvgIpc) is 3.08. The molecule has 2 aromatic heterocycles. The minimum atomic E-state index is 0.835. The van der Waals surface area contributed by atoms with Crippen molar-refractivity contribution in [2.45, 2.75) is 19.3 Å². The third-order valence-corrected chi connectivity index (χ3v) is 4.03. The number of aryl methyl sites for hydroxylation is 1. The van der Waals surface area contributed by atoms with Crippen molar-refractivity contribution >= 4 is 11.6 Å². The van der Waals surface area contributed by atoms with Gasteiger partial charge in [-0.2, -0.15) is 0 Å². The van der Waals surface area contributed by atoms with Gasteiger partial charge in [-0.1, -0.05) is 36.4 Å². The monoisotopic (exact) mass is 336 g/mol. The Morgan fingerprint density at radius 2 is 1.76 bits per heavy atom. The van der Waals surface area contributed by atoms with Crippen LogP contribution in [-0.4, -0.2) is 40.7 Å². The first-order valence-electron chi connectivity index (χ1n) is 8.64. The zero-order valence-electron chi connectivity index (χ0n) is 14.5. The molecule has 2 heterocycles. The highest BCUT2D eigenvalue weighted by atomic mass is 15.2. The summed E-state index contributed by atoms with van der Waals surface area (Å²) >= 11 is 0. The molecule has 0 saturated carbocycles. The lowest BCUT2D eigenvalue weighted by Crippen LogP contribution is -2.38. The number of aromatic nitrogens is 3. The Hall–Kier alpha value is -2.89. The second-order valence-electron chi connectivity index (χ2n) is 5.81. The van der Waals surface area contributed by atoms with Gasteiger partial charge in [0.05, 0.1) is 0 Å². The SMILES string of the molecule is CN=C(NCCCc1nnc2ccccn12)NCCc1ccccc1. The summed E-state index contributed by atoms with van der Waals surface area (Å²) in [6, 6.07) is 16.4. The summed E-state index contributed by atoms with van der Waals surface area (Å²) in [5.41, 5.74) is 2.22. The molecular weight excluding hydrogens is 312 g/mol. The van der Waals surface area contributed by atoms with E-state index >= 15 is 0 Å². The van der Waals surface area contributed by atoms with E-state index in [1.54, 1.807) is 7.05 Å². The lowest BCUT2D eigenvalue weighted by atomic mass is 10.1. The third-order valence-electron chi connectivity index (χ3n) is 4.03. The lowest BCUT2D eigenvalue weighted by molar-refractivity contribution is 0.713. The minimum Gasteiger partial charge on any atom is -0.356 e. The molecule has 0 aliphatic heterocycles. The van der Waals surface area contributed by atoms with Crippen LogP contribution in [0.15, 0.2) is 59.7 Å². The zero-order valence-corrected chi connectivity index (χ0v) is 14.5. The van der Waals surface area contributed by atoms with Gasteiger partial charge in [0.25, 0.3) is 0 Å². The molecule has 2 N–H and O–H groups in total. The standard InChI is InChI=1S/C19H24N6/c1-20-19(22-14-12-16-8-3-2-4-9-16)21-13-7-11-18-24-23-17-10-5-6-15-25(17)18/h2-6,8-10,15H,7,11-14H2,1H3,(H2,20,21,22). The Kier molecular flexibility index (Phi) is 5.98. The van der Waals surface area contributed by atoms with Crippen LogP contribution in [0, 0.1) is 0 Å². The second-order valence-corrected chi connectivity index (χ2v) is 5.81. The molecule has 0 radical (unpaired) electrons. The molecule has 0 spiro atoms. The van der Waals surface area contributed by atoms with Crippen molar-refractivity contribution in [1.29, 1.82) is 0 Å². The minimum absolute atomic E-state index is 0.835. The number of rotatable bonds is 7. The normalized spacial score (nSPS) is 11.6. The average molecular weight is 336 g/mol. The molecule has 0 atom stereocenters. The number of aliphatic imine (C=N–C) groups is 1. The van der Waals surface area contributed by atoms with E-state index in [-0.39, 0.29) is 0 Å². The summed E-state index contributed by atoms with van der Waals surface area (Å²) < 4.78 is 2.03. The van der Waals surface area contributed by atoms with Gasteiger partial charge in [0.2, 0.25) is 0 Å². The van der Waals surface area contributed by atoms with Gasteiger partial charge in [0.15, 0.2) is 11.6 Å². The Balaban J connectivity index is 1.38. The van der Waals surface area contributed by atoms with E-state index in [1.807, 2.05) is 34.9 Å². The predicted molar refractivity (Wildman–Crippen MR) is 101 cm³/mol. The first-order valence-corrected chi connectivity index (χ1v) is 8.64. The summed E-state index contributed by atoms with van der Waals surface area (Å²) in [6.45, 7) is 1.70. The van der Waals surface area contributed by atoms with Gasteiger partial charge in [0.1, 0.15) is 5.82 Å². The molecule has 1 aromatic carbocycles. The van der Waals surface area contributed by atoms with Crippen molar-refractivity contribution in [3.8, 4) is 0 Å². The van der Waals surface area contributed by atoms with Gasteiger partial charge >= 0.3 is 0 Å². The highest BCUT2D eigenvalue weighted by Crippen LogP contribution is 2.04. The fourth-order valence-electron chi connectivity index (χ4n) is 2.71. The summed E-state index contributed by atoms with van der Waals surface area (Å²) in [6.07, 6.45) is 4.82. The fraction of sp³-hybridized carbons (Fsp3) is 0.316. The summed E-state index contributed by atoms with van der Waals surface area (Å²) in [7, 11) is 1.80. The maximum Gasteiger partial charge on any atom is 0.190 e. The molecule has 6 heteroatoms. The number of hydrogen-bond donors (Lipinski definition) is 2. The number of benzene rings is 1. The Labute approximate surface area is 148 Å². The van der Waals surface area contributed by atoms with Crippen LogP contribution in [0.5, 0.6) is 0 Å². The van der Waals surface area contributed by atoms with E-state index in [1.165, 1.54) is 5.56 Å². The van der Waals surface area contributed by atoms with Crippen LogP contribution < -0.4 is 10.6 Å². The highest BCUT2D eigenvalue weighted by molar-refractivity contribution is 5.79. The highest BCUT2D eigenvalue weighted by Gasteiger charge is 2.04. The van der Waals surface area contributed by atoms with Crippen LogP contribution in [0.2, 0.25) is 0 Å². The number of hydrogen-bond acceptors (Lipinski definition) is 3. The maximum atomic E-state index is 4.26. The molecule has 3 rings (SSSR count). The van der Waals surface area contributed by atoms with E-state index in [4.69, 9.17) is 0 Å². The van der Waals surface area contributed by atoms with E-state index in [0.29, 0.717) is 0 Å². The molecule has 0 aliphatic rings. The van der Waals surface area contributed by atoms with Crippen LogP contribution in [0.3, 0.4) is 0 Å². The van der Waals surface area contributed by atoms with Crippen molar-refractivity contribution in [3.05, 3.63) is 66.1 Å². The molecule has 130 valence electrons. The van der Waals surface area contributed by atoms with Crippen LogP contribution >= 0.6 is 0 Å². The van der Waals surface area contributed by atoms with Crippen molar-refractivity contribution < 1.29 is 0 Å². The first-order chi connectivity index (χ1) is 12.4. The molecule has 0 saturated heterocycles. The largest absolute Gasteiger partial charge is 0.356 e. The quantitative estimate of drug-likeness (QED) is 0.394. The second kappa shape index (κ2) is 8.82. The topological polar surface area (TPSA) is 66.6 Å². The molecule has 0 fully saturated rings. The van der Waals surface area contributed by atoms with Gasteiger partial charge in [-0.15, -0.1) is 10.2 Å². The van der Waals surface area contributed by atoms with E-state index in [0.717, 1.165) is 49.8 Å². The van der Waals surface area contributed by atoms with Gasteiger partial charge in [-0.25, -0.2) is 0 Å². The number of fused-ring (bicyclic) bond motifs is 1. The third kappa shape index (κ3) is 4.79. The fourth-order valence-corrected chi connectivity index (χ4v) is 2.71. The Morgan fingerprint density at radius 1 is 0.960 bits per heavy atom. The number of nitrogens with one attached hydrogen (secondary N) is 2. The Morgan fingerprint density at radius 3 is 2.60 bits per heavy atom. The van der Waals surface area contributed by atoms with Crippen molar-refractivity contribution in [1.82, 2.24) is 25.2 Å². The molecule has 6 nitrogen and oxygen atoms in total. The predicted octanol–water partition coefficient (Wildman–Crippen LogP) is 2.07. The lowest BCUT2D eigenvalue weighted by Gasteiger charge is -2.11. The van der Waals surface area contributed by atoms with Crippen LogP contribution in [0.1, 0.15) is 17.8 Å². The molecule has 0 unspecified atom stereocenters. The number of guanidine groups is 1. The first kappa shape index (κ1) is 17.0. The van der Waals surface area contributed by atoms with Gasteiger partial charge in [-0.3, -0.25) is 9.39 Å². The molecule has 3 aromatic rings. The zero-order chi connectivity index (χ0) is 17.3. The van der Waals surface area contributed by atoms with E-state index in [2.05, 4.69) is 50.1 Å². The smallest absolute Gasteiger partial charge is 0.190 e. The molecule has 25 heavy (non-hydrogen) atoms. The maximum absolute atomic E-state index is 4.26.